The van der Waals surface area contributed by atoms with Gasteiger partial charge in [-0.2, -0.15) is 0 Å². The van der Waals surface area contributed by atoms with Crippen LogP contribution < -0.4 is 10.6 Å². The maximum absolute atomic E-state index is 12.9. The molecule has 6 heteroatoms. The predicted octanol–water partition coefficient (Wildman–Crippen LogP) is 3.41. The van der Waals surface area contributed by atoms with Crippen molar-refractivity contribution in [2.75, 3.05) is 0 Å². The summed E-state index contributed by atoms with van der Waals surface area (Å²) < 4.78 is 5.39. The van der Waals surface area contributed by atoms with Crippen LogP contribution in [-0.4, -0.2) is 23.9 Å². The molecule has 2 N–H and O–H groups in total. The zero-order valence-corrected chi connectivity index (χ0v) is 17.2. The van der Waals surface area contributed by atoms with Crippen molar-refractivity contribution in [3.05, 3.63) is 108 Å². The molecule has 0 aliphatic rings. The zero-order chi connectivity index (χ0) is 22.1. The minimum atomic E-state index is -1.04. The average molecular weight is 416 g/mol. The molecule has 0 bridgehead atoms. The summed E-state index contributed by atoms with van der Waals surface area (Å²) in [7, 11) is 0. The third-order valence-electron chi connectivity index (χ3n) is 4.65. The summed E-state index contributed by atoms with van der Waals surface area (Å²) in [5.74, 6) is -1.54. The van der Waals surface area contributed by atoms with Gasteiger partial charge in [0.05, 0.1) is 0 Å². The van der Waals surface area contributed by atoms with E-state index in [1.54, 1.807) is 54.6 Å². The third kappa shape index (κ3) is 6.27. The first-order valence-electron chi connectivity index (χ1n) is 9.97. The molecular weight excluding hydrogens is 392 g/mol. The molecule has 0 saturated carbocycles. The summed E-state index contributed by atoms with van der Waals surface area (Å²) in [5.41, 5.74) is 1.92. The maximum atomic E-state index is 12.9. The van der Waals surface area contributed by atoms with E-state index < -0.39 is 29.9 Å². The lowest BCUT2D eigenvalue weighted by atomic mass is 10.1. The van der Waals surface area contributed by atoms with Gasteiger partial charge in [0.25, 0.3) is 11.8 Å². The Morgan fingerprint density at radius 2 is 1.35 bits per heavy atom. The molecular formula is C25H24N2O4. The van der Waals surface area contributed by atoms with Crippen LogP contribution in [0.4, 0.5) is 0 Å². The molecule has 3 aromatic carbocycles. The first-order valence-corrected chi connectivity index (χ1v) is 9.97. The number of esters is 1. The van der Waals surface area contributed by atoms with E-state index in [9.17, 15) is 14.4 Å². The van der Waals surface area contributed by atoms with Crippen LogP contribution in [0.2, 0.25) is 0 Å². The van der Waals surface area contributed by atoms with E-state index >= 15 is 0 Å². The second kappa shape index (κ2) is 10.7. The zero-order valence-electron chi connectivity index (χ0n) is 17.2. The van der Waals surface area contributed by atoms with Crippen LogP contribution in [0.25, 0.3) is 0 Å². The lowest BCUT2D eigenvalue weighted by molar-refractivity contribution is -0.156. The normalized spacial score (nSPS) is 12.3. The summed E-state index contributed by atoms with van der Waals surface area (Å²) in [6.07, 6.45) is -1.02. The van der Waals surface area contributed by atoms with E-state index in [0.717, 1.165) is 5.56 Å². The van der Waals surface area contributed by atoms with E-state index in [1.165, 1.54) is 6.92 Å². The highest BCUT2D eigenvalue weighted by Gasteiger charge is 2.28. The van der Waals surface area contributed by atoms with E-state index in [0.29, 0.717) is 17.7 Å². The van der Waals surface area contributed by atoms with E-state index in [4.69, 9.17) is 4.74 Å². The minimum Gasteiger partial charge on any atom is -0.451 e. The largest absolute Gasteiger partial charge is 0.451 e. The van der Waals surface area contributed by atoms with E-state index in [-0.39, 0.29) is 0 Å². The number of benzene rings is 3. The Balaban J connectivity index is 1.66. The summed E-state index contributed by atoms with van der Waals surface area (Å²) in [5, 5.41) is 5.45. The highest BCUT2D eigenvalue weighted by molar-refractivity contribution is 5.97. The summed E-state index contributed by atoms with van der Waals surface area (Å²) >= 11 is 0. The lowest BCUT2D eigenvalue weighted by Crippen LogP contribution is -2.40. The van der Waals surface area contributed by atoms with Gasteiger partial charge in [0.2, 0.25) is 0 Å². The number of hydrogen-bond acceptors (Lipinski definition) is 4. The first-order chi connectivity index (χ1) is 15.0. The minimum absolute atomic E-state index is 0.328. The molecule has 3 aromatic rings. The van der Waals surface area contributed by atoms with Gasteiger partial charge in [-0.25, -0.2) is 4.79 Å². The fraction of sp³-hybridized carbons (Fsp3) is 0.160. The van der Waals surface area contributed by atoms with Gasteiger partial charge in [-0.05, 0) is 30.2 Å². The van der Waals surface area contributed by atoms with Crippen molar-refractivity contribution < 1.29 is 19.1 Å². The molecule has 0 radical (unpaired) electrons. The molecule has 158 valence electrons. The quantitative estimate of drug-likeness (QED) is 0.551. The van der Waals surface area contributed by atoms with Crippen LogP contribution in [0.1, 0.15) is 34.5 Å². The molecule has 2 amide bonds. The molecule has 0 saturated heterocycles. The molecule has 0 unspecified atom stereocenters. The predicted molar refractivity (Wildman–Crippen MR) is 117 cm³/mol. The van der Waals surface area contributed by atoms with Crippen LogP contribution in [0.5, 0.6) is 0 Å². The average Bonchev–Trinajstić information content (AvgIpc) is 2.82. The van der Waals surface area contributed by atoms with Crippen molar-refractivity contribution in [2.24, 2.45) is 0 Å². The molecule has 0 spiro atoms. The van der Waals surface area contributed by atoms with Gasteiger partial charge >= 0.3 is 5.97 Å². The Hall–Kier alpha value is -3.93. The van der Waals surface area contributed by atoms with Crippen LogP contribution >= 0.6 is 0 Å². The monoisotopic (exact) mass is 416 g/mol. The fourth-order valence-corrected chi connectivity index (χ4v) is 2.95. The number of carbonyl (C=O) groups excluding carboxylic acids is 3. The van der Waals surface area contributed by atoms with Crippen molar-refractivity contribution in [3.63, 3.8) is 0 Å². The number of hydrogen-bond donors (Lipinski definition) is 2. The van der Waals surface area contributed by atoms with Crippen molar-refractivity contribution >= 4 is 17.8 Å². The second-order valence-corrected chi connectivity index (χ2v) is 6.97. The van der Waals surface area contributed by atoms with Crippen LogP contribution in [0, 0.1) is 0 Å². The van der Waals surface area contributed by atoms with Crippen LogP contribution in [0.3, 0.4) is 0 Å². The molecule has 0 aliphatic carbocycles. The Bertz CT molecular complexity index is 1010. The maximum Gasteiger partial charge on any atom is 0.334 e. The van der Waals surface area contributed by atoms with Gasteiger partial charge < -0.3 is 15.4 Å². The van der Waals surface area contributed by atoms with Crippen LogP contribution in [0.15, 0.2) is 91.0 Å². The summed E-state index contributed by atoms with van der Waals surface area (Å²) in [4.78, 5) is 37.9. The van der Waals surface area contributed by atoms with Gasteiger partial charge in [0.15, 0.2) is 12.1 Å². The highest BCUT2D eigenvalue weighted by Crippen LogP contribution is 2.17. The molecule has 0 fully saturated rings. The van der Waals surface area contributed by atoms with Gasteiger partial charge in [0, 0.05) is 12.1 Å². The smallest absolute Gasteiger partial charge is 0.334 e. The molecule has 3 rings (SSSR count). The van der Waals surface area contributed by atoms with E-state index in [2.05, 4.69) is 10.6 Å². The van der Waals surface area contributed by atoms with Gasteiger partial charge in [0.1, 0.15) is 0 Å². The Labute approximate surface area is 181 Å². The van der Waals surface area contributed by atoms with Crippen molar-refractivity contribution in [1.82, 2.24) is 10.6 Å². The highest BCUT2D eigenvalue weighted by atomic mass is 16.5. The second-order valence-electron chi connectivity index (χ2n) is 6.97. The number of amides is 2. The Morgan fingerprint density at radius 3 is 1.97 bits per heavy atom. The summed E-state index contributed by atoms with van der Waals surface area (Å²) in [6.45, 7) is 1.83. The Morgan fingerprint density at radius 1 is 0.806 bits per heavy atom. The standard InChI is InChI=1S/C25H24N2O4/c1-18(23(28)26-17-19-11-5-2-6-12-19)31-25(30)22(20-13-7-3-8-14-20)27-24(29)21-15-9-4-10-16-21/h2-16,18,22H,17H2,1H3,(H,26,28)(H,27,29)/t18-,22-/m0/s1. The molecule has 6 nitrogen and oxygen atoms in total. The molecule has 31 heavy (non-hydrogen) atoms. The van der Waals surface area contributed by atoms with E-state index in [1.807, 2.05) is 36.4 Å². The Kier molecular flexibility index (Phi) is 7.54. The fourth-order valence-electron chi connectivity index (χ4n) is 2.95. The molecule has 0 aliphatic heterocycles. The number of nitrogens with one attached hydrogen (secondary N) is 2. The number of carbonyl (C=O) groups is 3. The third-order valence-corrected chi connectivity index (χ3v) is 4.65. The van der Waals surface area contributed by atoms with Crippen molar-refractivity contribution in [3.8, 4) is 0 Å². The lowest BCUT2D eigenvalue weighted by Gasteiger charge is -2.21. The van der Waals surface area contributed by atoms with Crippen LogP contribution in [-0.2, 0) is 20.9 Å². The summed E-state index contributed by atoms with van der Waals surface area (Å²) in [6, 6.07) is 25.8. The molecule has 0 aromatic heterocycles. The first kappa shape index (κ1) is 21.8. The topological polar surface area (TPSA) is 84.5 Å². The SMILES string of the molecule is C[C@H](OC(=O)[C@@H](NC(=O)c1ccccc1)c1ccccc1)C(=O)NCc1ccccc1. The van der Waals surface area contributed by atoms with Crippen molar-refractivity contribution in [1.29, 1.82) is 0 Å². The number of ether oxygens (including phenoxy) is 1. The molecule has 0 heterocycles. The van der Waals surface area contributed by atoms with Gasteiger partial charge in [-0.3, -0.25) is 9.59 Å². The van der Waals surface area contributed by atoms with Gasteiger partial charge in [-0.1, -0.05) is 78.9 Å². The number of rotatable bonds is 8. The molecule has 2 atom stereocenters. The van der Waals surface area contributed by atoms with Gasteiger partial charge in [-0.15, -0.1) is 0 Å². The van der Waals surface area contributed by atoms with Crippen molar-refractivity contribution in [2.45, 2.75) is 25.6 Å².